The van der Waals surface area contributed by atoms with Crippen molar-refractivity contribution in [2.24, 2.45) is 0 Å². The van der Waals surface area contributed by atoms with E-state index in [0.29, 0.717) is 5.01 Å². The second-order valence-electron chi connectivity index (χ2n) is 4.06. The van der Waals surface area contributed by atoms with E-state index >= 15 is 0 Å². The normalized spacial score (nSPS) is 11.4. The Morgan fingerprint density at radius 3 is 2.05 bits per heavy atom. The van der Waals surface area contributed by atoms with Crippen molar-refractivity contribution >= 4 is 21.2 Å². The molecule has 1 heterocycles. The van der Waals surface area contributed by atoms with Crippen molar-refractivity contribution in [1.82, 2.24) is 10.2 Å². The van der Waals surface area contributed by atoms with Gasteiger partial charge < -0.3 is 0 Å². The highest BCUT2D eigenvalue weighted by Gasteiger charge is 2.22. The molecule has 0 aliphatic rings. The molecule has 0 aliphatic carbocycles. The van der Waals surface area contributed by atoms with E-state index in [4.69, 9.17) is 0 Å². The molecule has 0 bridgehead atoms. The number of hydrogen-bond acceptors (Lipinski definition) is 5. The lowest BCUT2D eigenvalue weighted by molar-refractivity contribution is 0.594. The monoisotopic (exact) mass is 302 g/mol. The molecule has 6 heteroatoms. The van der Waals surface area contributed by atoms with Gasteiger partial charge in [0.05, 0.1) is 4.90 Å². The number of benzene rings is 2. The molecule has 1 aromatic heterocycles. The lowest BCUT2D eigenvalue weighted by Gasteiger charge is -1.98. The minimum absolute atomic E-state index is 0.0163. The van der Waals surface area contributed by atoms with Gasteiger partial charge in [-0.2, -0.15) is 0 Å². The molecule has 4 nitrogen and oxygen atoms in total. The molecule has 0 aliphatic heterocycles. The van der Waals surface area contributed by atoms with E-state index in [1.54, 1.807) is 30.3 Å². The predicted molar refractivity (Wildman–Crippen MR) is 77.2 cm³/mol. The van der Waals surface area contributed by atoms with Gasteiger partial charge in [0.1, 0.15) is 5.01 Å². The van der Waals surface area contributed by atoms with Gasteiger partial charge in [0.25, 0.3) is 0 Å². The standard InChI is InChI=1S/C14H10N2O2S2/c17-20(18,12-9-5-2-6-10-12)14-16-15-13(19-14)11-7-3-1-4-8-11/h1-10H. The van der Waals surface area contributed by atoms with Gasteiger partial charge in [-0.15, -0.1) is 10.2 Å². The van der Waals surface area contributed by atoms with Crippen LogP contribution in [0.25, 0.3) is 10.6 Å². The zero-order chi connectivity index (χ0) is 14.0. The van der Waals surface area contributed by atoms with E-state index < -0.39 is 9.84 Å². The third kappa shape index (κ3) is 2.35. The van der Waals surface area contributed by atoms with Crippen LogP contribution in [0.2, 0.25) is 0 Å². The van der Waals surface area contributed by atoms with Crippen molar-refractivity contribution in [3.05, 3.63) is 60.7 Å². The SMILES string of the molecule is O=S(=O)(c1ccccc1)c1nnc(-c2ccccc2)s1. The summed E-state index contributed by atoms with van der Waals surface area (Å²) >= 11 is 1.08. The Bertz CT molecular complexity index is 813. The van der Waals surface area contributed by atoms with Gasteiger partial charge in [0, 0.05) is 5.56 Å². The summed E-state index contributed by atoms with van der Waals surface area (Å²) in [5.74, 6) is 0. The Morgan fingerprint density at radius 1 is 0.800 bits per heavy atom. The van der Waals surface area contributed by atoms with E-state index in [-0.39, 0.29) is 9.24 Å². The minimum Gasteiger partial charge on any atom is -0.216 e. The Balaban J connectivity index is 2.03. The first-order chi connectivity index (χ1) is 9.68. The maximum absolute atomic E-state index is 12.4. The lowest BCUT2D eigenvalue weighted by atomic mass is 10.2. The fourth-order valence-electron chi connectivity index (χ4n) is 1.72. The first kappa shape index (κ1) is 13.0. The van der Waals surface area contributed by atoms with Gasteiger partial charge in [-0.3, -0.25) is 0 Å². The molecule has 0 N–H and O–H groups in total. The number of rotatable bonds is 3. The highest BCUT2D eigenvalue weighted by atomic mass is 32.2. The van der Waals surface area contributed by atoms with Gasteiger partial charge in [-0.25, -0.2) is 8.42 Å². The smallest absolute Gasteiger partial charge is 0.216 e. The maximum Gasteiger partial charge on any atom is 0.237 e. The first-order valence-electron chi connectivity index (χ1n) is 5.87. The van der Waals surface area contributed by atoms with Gasteiger partial charge in [0.2, 0.25) is 14.2 Å². The summed E-state index contributed by atoms with van der Waals surface area (Å²) < 4.78 is 24.8. The predicted octanol–water partition coefficient (Wildman–Crippen LogP) is 3.04. The average molecular weight is 302 g/mol. The maximum atomic E-state index is 12.4. The summed E-state index contributed by atoms with van der Waals surface area (Å²) in [6.07, 6.45) is 0. The summed E-state index contributed by atoms with van der Waals surface area (Å²) in [4.78, 5) is 0.232. The summed E-state index contributed by atoms with van der Waals surface area (Å²) in [6, 6.07) is 17.7. The van der Waals surface area contributed by atoms with Crippen LogP contribution in [0.3, 0.4) is 0 Å². The van der Waals surface area contributed by atoms with Crippen LogP contribution < -0.4 is 0 Å². The van der Waals surface area contributed by atoms with Crippen molar-refractivity contribution in [3.63, 3.8) is 0 Å². The summed E-state index contributed by atoms with van der Waals surface area (Å²) in [5.41, 5.74) is 0.861. The van der Waals surface area contributed by atoms with E-state index in [0.717, 1.165) is 16.9 Å². The molecule has 0 saturated heterocycles. The second kappa shape index (κ2) is 5.15. The summed E-state index contributed by atoms with van der Waals surface area (Å²) in [5, 5.41) is 8.39. The fourth-order valence-corrected chi connectivity index (χ4v) is 4.13. The van der Waals surface area contributed by atoms with Gasteiger partial charge >= 0.3 is 0 Å². The van der Waals surface area contributed by atoms with Crippen molar-refractivity contribution in [2.45, 2.75) is 9.24 Å². The van der Waals surface area contributed by atoms with Crippen molar-refractivity contribution in [3.8, 4) is 10.6 Å². The van der Waals surface area contributed by atoms with Crippen LogP contribution in [0, 0.1) is 0 Å². The zero-order valence-electron chi connectivity index (χ0n) is 10.3. The molecule has 3 rings (SSSR count). The number of aromatic nitrogens is 2. The molecule has 0 atom stereocenters. The molecule has 0 unspecified atom stereocenters. The molecule has 0 radical (unpaired) electrons. The quantitative estimate of drug-likeness (QED) is 0.746. The topological polar surface area (TPSA) is 59.9 Å². The molecule has 3 aromatic rings. The number of hydrogen-bond donors (Lipinski definition) is 0. The van der Waals surface area contributed by atoms with Crippen LogP contribution in [0.15, 0.2) is 69.9 Å². The number of nitrogens with zero attached hydrogens (tertiary/aromatic N) is 2. The van der Waals surface area contributed by atoms with Crippen LogP contribution in [-0.4, -0.2) is 18.6 Å². The molecule has 0 fully saturated rings. The number of sulfone groups is 1. The first-order valence-corrected chi connectivity index (χ1v) is 8.17. The molecule has 0 saturated carbocycles. The summed E-state index contributed by atoms with van der Waals surface area (Å²) in [6.45, 7) is 0. The third-order valence-electron chi connectivity index (χ3n) is 2.71. The van der Waals surface area contributed by atoms with E-state index in [9.17, 15) is 8.42 Å². The van der Waals surface area contributed by atoms with Crippen molar-refractivity contribution in [1.29, 1.82) is 0 Å². The molecule has 0 spiro atoms. The van der Waals surface area contributed by atoms with Gasteiger partial charge in [-0.1, -0.05) is 59.9 Å². The van der Waals surface area contributed by atoms with E-state index in [1.165, 1.54) is 0 Å². The molecule has 0 amide bonds. The second-order valence-corrected chi connectivity index (χ2v) is 7.16. The largest absolute Gasteiger partial charge is 0.237 e. The minimum atomic E-state index is -3.58. The van der Waals surface area contributed by atoms with Crippen molar-refractivity contribution in [2.75, 3.05) is 0 Å². The highest BCUT2D eigenvalue weighted by molar-refractivity contribution is 7.93. The van der Waals surface area contributed by atoms with E-state index in [1.807, 2.05) is 30.3 Å². The van der Waals surface area contributed by atoms with Crippen LogP contribution >= 0.6 is 11.3 Å². The highest BCUT2D eigenvalue weighted by Crippen LogP contribution is 2.29. The van der Waals surface area contributed by atoms with Crippen LogP contribution in [0.5, 0.6) is 0 Å². The molecule has 100 valence electrons. The Kier molecular flexibility index (Phi) is 3.33. The Morgan fingerprint density at radius 2 is 1.40 bits per heavy atom. The van der Waals surface area contributed by atoms with Crippen LogP contribution in [-0.2, 0) is 9.84 Å². The Labute approximate surface area is 120 Å². The fraction of sp³-hybridized carbons (Fsp3) is 0. The zero-order valence-corrected chi connectivity index (χ0v) is 11.9. The van der Waals surface area contributed by atoms with Crippen molar-refractivity contribution < 1.29 is 8.42 Å². The molecular weight excluding hydrogens is 292 g/mol. The van der Waals surface area contributed by atoms with Crippen LogP contribution in [0.1, 0.15) is 0 Å². The Hall–Kier alpha value is -2.05. The average Bonchev–Trinajstić information content (AvgIpc) is 3.00. The summed E-state index contributed by atoms with van der Waals surface area (Å²) in [7, 11) is -3.58. The lowest BCUT2D eigenvalue weighted by Crippen LogP contribution is -2.00. The van der Waals surface area contributed by atoms with E-state index in [2.05, 4.69) is 10.2 Å². The third-order valence-corrected chi connectivity index (χ3v) is 5.82. The molecular formula is C14H10N2O2S2. The molecule has 20 heavy (non-hydrogen) atoms. The van der Waals surface area contributed by atoms with Gasteiger partial charge in [0.15, 0.2) is 0 Å². The van der Waals surface area contributed by atoms with Gasteiger partial charge in [-0.05, 0) is 12.1 Å². The van der Waals surface area contributed by atoms with Crippen LogP contribution in [0.4, 0.5) is 0 Å². The molecule has 2 aromatic carbocycles.